The maximum absolute atomic E-state index is 12.1. The zero-order valence-corrected chi connectivity index (χ0v) is 12.8. The van der Waals surface area contributed by atoms with E-state index in [4.69, 9.17) is 11.6 Å². The van der Waals surface area contributed by atoms with Gasteiger partial charge in [-0.2, -0.15) is 0 Å². The molecule has 0 fully saturated rings. The van der Waals surface area contributed by atoms with Gasteiger partial charge in [0.2, 0.25) is 0 Å². The summed E-state index contributed by atoms with van der Waals surface area (Å²) in [6.07, 6.45) is 0.983. The number of hydrogen-bond acceptors (Lipinski definition) is 1. The number of hydrogen-bond donors (Lipinski definition) is 1. The average molecular weight is 339 g/mol. The van der Waals surface area contributed by atoms with Crippen LogP contribution in [0.2, 0.25) is 5.02 Å². The molecule has 0 unspecified atom stereocenters. The lowest BCUT2D eigenvalue weighted by Crippen LogP contribution is -2.12. The van der Waals surface area contributed by atoms with Crippen LogP contribution >= 0.6 is 27.5 Å². The molecule has 2 rings (SSSR count). The molecule has 0 aromatic heterocycles. The maximum Gasteiger partial charge on any atom is 0.256 e. The summed E-state index contributed by atoms with van der Waals surface area (Å²) in [6, 6.07) is 12.9. The van der Waals surface area contributed by atoms with Gasteiger partial charge in [-0.1, -0.05) is 30.7 Å². The Morgan fingerprint density at radius 1 is 1.21 bits per heavy atom. The summed E-state index contributed by atoms with van der Waals surface area (Å²) in [4.78, 5) is 12.1. The SMILES string of the molecule is CCc1ccc(NC(=O)c2ccc(Cl)cc2Br)cc1. The second kappa shape index (κ2) is 6.22. The molecule has 2 aromatic carbocycles. The van der Waals surface area contributed by atoms with Gasteiger partial charge in [0.1, 0.15) is 0 Å². The summed E-state index contributed by atoms with van der Waals surface area (Å²) < 4.78 is 0.683. The first kappa shape index (κ1) is 14.1. The second-order valence-electron chi connectivity index (χ2n) is 4.13. The van der Waals surface area contributed by atoms with E-state index < -0.39 is 0 Å². The van der Waals surface area contributed by atoms with Gasteiger partial charge in [-0.15, -0.1) is 0 Å². The number of anilines is 1. The van der Waals surface area contributed by atoms with Crippen molar-refractivity contribution in [2.24, 2.45) is 0 Å². The highest BCUT2D eigenvalue weighted by atomic mass is 79.9. The van der Waals surface area contributed by atoms with Crippen LogP contribution in [-0.4, -0.2) is 5.91 Å². The Bertz CT molecular complexity index is 596. The van der Waals surface area contributed by atoms with E-state index in [9.17, 15) is 4.79 Å². The minimum absolute atomic E-state index is 0.159. The topological polar surface area (TPSA) is 29.1 Å². The van der Waals surface area contributed by atoms with Crippen molar-refractivity contribution in [3.05, 3.63) is 63.1 Å². The first-order valence-electron chi connectivity index (χ1n) is 5.95. The van der Waals surface area contributed by atoms with Crippen molar-refractivity contribution in [3.63, 3.8) is 0 Å². The van der Waals surface area contributed by atoms with Crippen LogP contribution in [0.15, 0.2) is 46.9 Å². The van der Waals surface area contributed by atoms with Gasteiger partial charge in [0.05, 0.1) is 5.56 Å². The summed E-state index contributed by atoms with van der Waals surface area (Å²) in [5.74, 6) is -0.159. The first-order chi connectivity index (χ1) is 9.10. The Morgan fingerprint density at radius 2 is 1.89 bits per heavy atom. The fraction of sp³-hybridized carbons (Fsp3) is 0.133. The zero-order chi connectivity index (χ0) is 13.8. The third-order valence-electron chi connectivity index (χ3n) is 2.80. The van der Waals surface area contributed by atoms with Gasteiger partial charge in [0.15, 0.2) is 0 Å². The number of amides is 1. The van der Waals surface area contributed by atoms with Crippen molar-refractivity contribution in [1.29, 1.82) is 0 Å². The predicted octanol–water partition coefficient (Wildman–Crippen LogP) is 4.92. The van der Waals surface area contributed by atoms with Crippen molar-refractivity contribution in [2.75, 3.05) is 5.32 Å². The van der Waals surface area contributed by atoms with Gasteiger partial charge >= 0.3 is 0 Å². The fourth-order valence-electron chi connectivity index (χ4n) is 1.70. The fourth-order valence-corrected chi connectivity index (χ4v) is 2.56. The third-order valence-corrected chi connectivity index (χ3v) is 3.69. The van der Waals surface area contributed by atoms with Crippen molar-refractivity contribution >= 4 is 39.1 Å². The van der Waals surface area contributed by atoms with Crippen LogP contribution in [-0.2, 0) is 6.42 Å². The number of halogens is 2. The van der Waals surface area contributed by atoms with Crippen molar-refractivity contribution in [1.82, 2.24) is 0 Å². The number of carbonyl (C=O) groups is 1. The monoisotopic (exact) mass is 337 g/mol. The quantitative estimate of drug-likeness (QED) is 0.846. The molecular weight excluding hydrogens is 326 g/mol. The minimum Gasteiger partial charge on any atom is -0.322 e. The Morgan fingerprint density at radius 3 is 2.47 bits per heavy atom. The lowest BCUT2D eigenvalue weighted by molar-refractivity contribution is 0.102. The lowest BCUT2D eigenvalue weighted by atomic mass is 10.1. The van der Waals surface area contributed by atoms with Gasteiger partial charge in [-0.05, 0) is 58.2 Å². The first-order valence-corrected chi connectivity index (χ1v) is 7.12. The molecule has 1 amide bonds. The number of benzene rings is 2. The molecular formula is C15H13BrClNO. The van der Waals surface area contributed by atoms with Gasteiger partial charge in [-0.25, -0.2) is 0 Å². The molecule has 19 heavy (non-hydrogen) atoms. The van der Waals surface area contributed by atoms with E-state index in [2.05, 4.69) is 28.2 Å². The number of carbonyl (C=O) groups excluding carboxylic acids is 1. The van der Waals surface area contributed by atoms with Crippen LogP contribution in [0.3, 0.4) is 0 Å². The molecule has 0 aliphatic heterocycles. The normalized spacial score (nSPS) is 10.3. The molecule has 0 bridgehead atoms. The molecule has 0 spiro atoms. The summed E-state index contributed by atoms with van der Waals surface area (Å²) in [5, 5.41) is 3.45. The molecule has 0 aliphatic rings. The van der Waals surface area contributed by atoms with Crippen LogP contribution in [0.5, 0.6) is 0 Å². The Kier molecular flexibility index (Phi) is 4.61. The summed E-state index contributed by atoms with van der Waals surface area (Å²) in [7, 11) is 0. The summed E-state index contributed by atoms with van der Waals surface area (Å²) in [5.41, 5.74) is 2.58. The van der Waals surface area contributed by atoms with Gasteiger partial charge in [0, 0.05) is 15.2 Å². The van der Waals surface area contributed by atoms with Crippen LogP contribution in [0, 0.1) is 0 Å². The second-order valence-corrected chi connectivity index (χ2v) is 5.42. The maximum atomic E-state index is 12.1. The van der Waals surface area contributed by atoms with E-state index in [0.717, 1.165) is 12.1 Å². The summed E-state index contributed by atoms with van der Waals surface area (Å²) in [6.45, 7) is 2.10. The lowest BCUT2D eigenvalue weighted by Gasteiger charge is -2.07. The Hall–Kier alpha value is -1.32. The van der Waals surface area contributed by atoms with E-state index in [1.165, 1.54) is 5.56 Å². The van der Waals surface area contributed by atoms with Gasteiger partial charge in [-0.3, -0.25) is 4.79 Å². The average Bonchev–Trinajstić information content (AvgIpc) is 2.39. The molecule has 2 aromatic rings. The van der Waals surface area contributed by atoms with E-state index in [-0.39, 0.29) is 5.91 Å². The van der Waals surface area contributed by atoms with Crippen molar-refractivity contribution in [3.8, 4) is 0 Å². The van der Waals surface area contributed by atoms with Crippen molar-refractivity contribution < 1.29 is 4.79 Å². The third kappa shape index (κ3) is 3.58. The minimum atomic E-state index is -0.159. The van der Waals surface area contributed by atoms with Gasteiger partial charge < -0.3 is 5.32 Å². The van der Waals surface area contributed by atoms with Crippen LogP contribution in [0.4, 0.5) is 5.69 Å². The molecule has 0 saturated carbocycles. The highest BCUT2D eigenvalue weighted by Gasteiger charge is 2.10. The smallest absolute Gasteiger partial charge is 0.256 e. The van der Waals surface area contributed by atoms with Crippen LogP contribution in [0.1, 0.15) is 22.8 Å². The molecule has 0 aliphatic carbocycles. The number of rotatable bonds is 3. The predicted molar refractivity (Wildman–Crippen MR) is 82.9 cm³/mol. The van der Waals surface area contributed by atoms with Crippen LogP contribution < -0.4 is 5.32 Å². The Balaban J connectivity index is 2.15. The number of nitrogens with one attached hydrogen (secondary N) is 1. The van der Waals surface area contributed by atoms with E-state index in [1.807, 2.05) is 24.3 Å². The molecule has 2 nitrogen and oxygen atoms in total. The summed E-state index contributed by atoms with van der Waals surface area (Å²) >= 11 is 9.19. The van der Waals surface area contributed by atoms with Gasteiger partial charge in [0.25, 0.3) is 5.91 Å². The van der Waals surface area contributed by atoms with Crippen molar-refractivity contribution in [2.45, 2.75) is 13.3 Å². The molecule has 0 atom stereocenters. The molecule has 1 N–H and O–H groups in total. The zero-order valence-electron chi connectivity index (χ0n) is 10.4. The highest BCUT2D eigenvalue weighted by molar-refractivity contribution is 9.10. The highest BCUT2D eigenvalue weighted by Crippen LogP contribution is 2.22. The van der Waals surface area contributed by atoms with E-state index in [1.54, 1.807) is 18.2 Å². The molecule has 98 valence electrons. The molecule has 0 heterocycles. The number of aryl methyl sites for hydroxylation is 1. The molecule has 0 saturated heterocycles. The largest absolute Gasteiger partial charge is 0.322 e. The van der Waals surface area contributed by atoms with Crippen LogP contribution in [0.25, 0.3) is 0 Å². The van der Waals surface area contributed by atoms with E-state index >= 15 is 0 Å². The van der Waals surface area contributed by atoms with E-state index in [0.29, 0.717) is 15.1 Å². The standard InChI is InChI=1S/C15H13BrClNO/c1-2-10-3-6-12(7-4-10)18-15(19)13-8-5-11(17)9-14(13)16/h3-9H,2H2,1H3,(H,18,19). The molecule has 4 heteroatoms. The Labute approximate surface area is 125 Å². The molecule has 0 radical (unpaired) electrons.